The normalized spacial score (nSPS) is 24.4. The Labute approximate surface area is 163 Å². The average molecular weight is 391 g/mol. The van der Waals surface area contributed by atoms with E-state index in [2.05, 4.69) is 23.3 Å². The first-order valence-electron chi connectivity index (χ1n) is 9.36. The van der Waals surface area contributed by atoms with Gasteiger partial charge in [-0.1, -0.05) is 6.92 Å². The van der Waals surface area contributed by atoms with Gasteiger partial charge in [-0.05, 0) is 44.2 Å². The van der Waals surface area contributed by atoms with Crippen LogP contribution in [0.25, 0.3) is 0 Å². The van der Waals surface area contributed by atoms with E-state index in [0.717, 1.165) is 47.6 Å². The van der Waals surface area contributed by atoms with E-state index in [4.69, 9.17) is 0 Å². The number of rotatable bonds is 4. The van der Waals surface area contributed by atoms with Gasteiger partial charge in [-0.15, -0.1) is 11.3 Å². The smallest absolute Gasteiger partial charge is 0.412 e. The minimum atomic E-state index is -1.06. The van der Waals surface area contributed by atoms with Crippen molar-refractivity contribution in [2.75, 3.05) is 32.1 Å². The summed E-state index contributed by atoms with van der Waals surface area (Å²) < 4.78 is 0. The van der Waals surface area contributed by atoms with Crippen LogP contribution < -0.4 is 10.2 Å². The number of hydrogen-bond donors (Lipinski definition) is 2. The lowest BCUT2D eigenvalue weighted by molar-refractivity contribution is -0.128. The summed E-state index contributed by atoms with van der Waals surface area (Å²) in [5, 5.41) is 22.5. The topological polar surface area (TPSA) is 96.7 Å². The molecule has 0 spiro atoms. The van der Waals surface area contributed by atoms with Crippen molar-refractivity contribution >= 4 is 28.3 Å². The number of carboxylic acid groups (broad SMARTS) is 1. The van der Waals surface area contributed by atoms with Crippen molar-refractivity contribution in [1.82, 2.24) is 10.2 Å². The van der Waals surface area contributed by atoms with Gasteiger partial charge in [0.25, 0.3) is 0 Å². The van der Waals surface area contributed by atoms with E-state index in [1.165, 1.54) is 18.4 Å². The Morgan fingerprint density at radius 1 is 1.44 bits per heavy atom. The van der Waals surface area contributed by atoms with Crippen LogP contribution in [0.2, 0.25) is 0 Å². The van der Waals surface area contributed by atoms with Gasteiger partial charge in [0.05, 0.1) is 11.5 Å². The number of carbonyl (C=O) groups is 2. The maximum atomic E-state index is 12.5. The fourth-order valence-electron chi connectivity index (χ4n) is 4.33. The molecule has 2 aliphatic rings. The minimum absolute atomic E-state index is 0.0327. The van der Waals surface area contributed by atoms with Gasteiger partial charge in [-0.3, -0.25) is 9.69 Å². The standard InChI is InChI=1S/C19H26N4O3S/c1-4-5-21-17(24)12-6-11-7-13-14(9-20)18(23(3)19(25)26)27-16(13)8-15(11)22(2)10-12/h11-12,15H,4-8,10H2,1-3H3,(H,21,24)(H,25,26)/t11-,12-,15-/m1/s1. The number of nitrogens with one attached hydrogen (secondary N) is 1. The molecule has 8 heteroatoms. The molecule has 1 fully saturated rings. The number of nitrogens with zero attached hydrogens (tertiary/aromatic N) is 3. The molecule has 3 rings (SSSR count). The molecule has 0 unspecified atom stereocenters. The highest BCUT2D eigenvalue weighted by Crippen LogP contribution is 2.44. The second-order valence-electron chi connectivity index (χ2n) is 7.54. The molecule has 2 heterocycles. The molecule has 1 aromatic heterocycles. The monoisotopic (exact) mass is 390 g/mol. The van der Waals surface area contributed by atoms with Crippen LogP contribution in [0.5, 0.6) is 0 Å². The molecule has 3 atom stereocenters. The van der Waals surface area contributed by atoms with Gasteiger partial charge in [-0.25, -0.2) is 4.79 Å². The van der Waals surface area contributed by atoms with Gasteiger partial charge in [0.1, 0.15) is 11.1 Å². The summed E-state index contributed by atoms with van der Waals surface area (Å²) in [6.45, 7) is 3.48. The fraction of sp³-hybridized carbons (Fsp3) is 0.632. The molecule has 1 aromatic rings. The molecule has 0 saturated carbocycles. The Bertz CT molecular complexity index is 785. The molecule has 7 nitrogen and oxygen atoms in total. The van der Waals surface area contributed by atoms with Crippen LogP contribution in [0.1, 0.15) is 35.8 Å². The van der Waals surface area contributed by atoms with Gasteiger partial charge in [0, 0.05) is 31.1 Å². The largest absolute Gasteiger partial charge is 0.465 e. The van der Waals surface area contributed by atoms with Gasteiger partial charge >= 0.3 is 6.09 Å². The van der Waals surface area contributed by atoms with Crippen LogP contribution in [-0.2, 0) is 17.6 Å². The van der Waals surface area contributed by atoms with Crippen molar-refractivity contribution in [3.05, 3.63) is 16.0 Å². The van der Waals surface area contributed by atoms with E-state index in [9.17, 15) is 20.0 Å². The van der Waals surface area contributed by atoms with Gasteiger partial charge < -0.3 is 15.3 Å². The number of thiophene rings is 1. The van der Waals surface area contributed by atoms with Crippen LogP contribution >= 0.6 is 11.3 Å². The van der Waals surface area contributed by atoms with Crippen LogP contribution in [0.15, 0.2) is 0 Å². The molecular weight excluding hydrogens is 364 g/mol. The predicted molar refractivity (Wildman–Crippen MR) is 104 cm³/mol. The van der Waals surface area contributed by atoms with Crippen LogP contribution in [-0.4, -0.2) is 55.2 Å². The van der Waals surface area contributed by atoms with Crippen molar-refractivity contribution in [2.24, 2.45) is 11.8 Å². The van der Waals surface area contributed by atoms with Crippen molar-refractivity contribution in [3.63, 3.8) is 0 Å². The number of likely N-dealkylation sites (N-methyl/N-ethyl adjacent to an activating group) is 1. The first kappa shape index (κ1) is 19.6. The maximum Gasteiger partial charge on any atom is 0.412 e. The predicted octanol–water partition coefficient (Wildman–Crippen LogP) is 2.30. The van der Waals surface area contributed by atoms with Gasteiger partial charge in [0.15, 0.2) is 0 Å². The molecule has 1 aliphatic heterocycles. The van der Waals surface area contributed by atoms with Crippen molar-refractivity contribution < 1.29 is 14.7 Å². The molecule has 1 saturated heterocycles. The zero-order chi connectivity index (χ0) is 19.7. The summed E-state index contributed by atoms with van der Waals surface area (Å²) in [6.07, 6.45) is 2.22. The number of nitriles is 1. The second-order valence-corrected chi connectivity index (χ2v) is 8.62. The maximum absolute atomic E-state index is 12.5. The summed E-state index contributed by atoms with van der Waals surface area (Å²) in [5.74, 6) is 0.387. The van der Waals surface area contributed by atoms with Crippen molar-refractivity contribution in [3.8, 4) is 6.07 Å². The van der Waals surface area contributed by atoms with Crippen LogP contribution in [0, 0.1) is 23.2 Å². The zero-order valence-electron chi connectivity index (χ0n) is 16.0. The summed E-state index contributed by atoms with van der Waals surface area (Å²) in [5.41, 5.74) is 1.47. The second kappa shape index (κ2) is 7.87. The van der Waals surface area contributed by atoms with E-state index in [1.54, 1.807) is 0 Å². The Morgan fingerprint density at radius 3 is 2.81 bits per heavy atom. The van der Waals surface area contributed by atoms with Crippen molar-refractivity contribution in [1.29, 1.82) is 5.26 Å². The number of likely N-dealkylation sites (tertiary alicyclic amines) is 1. The number of fused-ring (bicyclic) bond motifs is 2. The Hall–Kier alpha value is -2.11. The highest BCUT2D eigenvalue weighted by molar-refractivity contribution is 7.16. The number of anilines is 1. The van der Waals surface area contributed by atoms with E-state index in [-0.39, 0.29) is 11.8 Å². The first-order valence-corrected chi connectivity index (χ1v) is 10.2. The zero-order valence-corrected chi connectivity index (χ0v) is 16.8. The first-order chi connectivity index (χ1) is 12.9. The van der Waals surface area contributed by atoms with Crippen molar-refractivity contribution in [2.45, 2.75) is 38.6 Å². The number of amides is 2. The minimum Gasteiger partial charge on any atom is -0.465 e. The highest BCUT2D eigenvalue weighted by atomic mass is 32.1. The number of piperidine rings is 1. The molecule has 2 N–H and O–H groups in total. The molecule has 0 aromatic carbocycles. The third-order valence-electron chi connectivity index (χ3n) is 5.76. The quantitative estimate of drug-likeness (QED) is 0.822. The van der Waals surface area contributed by atoms with Gasteiger partial charge in [-0.2, -0.15) is 5.26 Å². The summed E-state index contributed by atoms with van der Waals surface area (Å²) in [4.78, 5) is 28.3. The lowest BCUT2D eigenvalue weighted by atomic mass is 9.74. The molecule has 0 bridgehead atoms. The molecule has 1 aliphatic carbocycles. The molecule has 2 amide bonds. The van der Waals surface area contributed by atoms with Crippen LogP contribution in [0.3, 0.4) is 0 Å². The molecule has 0 radical (unpaired) electrons. The molecular formula is C19H26N4O3S. The third kappa shape index (κ3) is 3.66. The van der Waals surface area contributed by atoms with E-state index in [0.29, 0.717) is 29.1 Å². The van der Waals surface area contributed by atoms with E-state index < -0.39 is 6.09 Å². The summed E-state index contributed by atoms with van der Waals surface area (Å²) in [7, 11) is 3.54. The lowest BCUT2D eigenvalue weighted by Crippen LogP contribution is -2.53. The highest BCUT2D eigenvalue weighted by Gasteiger charge is 2.42. The average Bonchev–Trinajstić information content (AvgIpc) is 3.01. The van der Waals surface area contributed by atoms with Crippen LogP contribution in [0.4, 0.5) is 9.80 Å². The Morgan fingerprint density at radius 2 is 2.19 bits per heavy atom. The molecule has 146 valence electrons. The van der Waals surface area contributed by atoms with E-state index >= 15 is 0 Å². The SMILES string of the molecule is CCCNC(=O)[C@@H]1C[C@@H]2Cc3c(sc(N(C)C(=O)O)c3C#N)C[C@H]2N(C)C1. The summed E-state index contributed by atoms with van der Waals surface area (Å²) in [6, 6.07) is 2.55. The lowest BCUT2D eigenvalue weighted by Gasteiger charge is -2.45. The number of hydrogen-bond acceptors (Lipinski definition) is 5. The van der Waals surface area contributed by atoms with E-state index in [1.807, 2.05) is 6.92 Å². The Kier molecular flexibility index (Phi) is 5.72. The van der Waals surface area contributed by atoms with Gasteiger partial charge in [0.2, 0.25) is 5.91 Å². The number of carbonyl (C=O) groups excluding carboxylic acids is 1. The third-order valence-corrected chi connectivity index (χ3v) is 7.09. The fourth-order valence-corrected chi connectivity index (χ4v) is 5.62. The Balaban J connectivity index is 1.85. The summed E-state index contributed by atoms with van der Waals surface area (Å²) >= 11 is 1.42. The molecule has 27 heavy (non-hydrogen) atoms.